The van der Waals surface area contributed by atoms with Gasteiger partial charge in [0.05, 0.1) is 0 Å². The van der Waals surface area contributed by atoms with Crippen LogP contribution in [0.15, 0.2) is 35.0 Å². The van der Waals surface area contributed by atoms with Crippen LogP contribution in [-0.4, -0.2) is 18.8 Å². The van der Waals surface area contributed by atoms with E-state index in [1.165, 1.54) is 0 Å². The summed E-state index contributed by atoms with van der Waals surface area (Å²) in [5.74, 6) is 1.48. The maximum absolute atomic E-state index is 11.9. The molecule has 0 N–H and O–H groups in total. The van der Waals surface area contributed by atoms with Crippen LogP contribution in [0.1, 0.15) is 12.0 Å². The molecule has 0 spiro atoms. The summed E-state index contributed by atoms with van der Waals surface area (Å²) in [6.45, 7) is 0.252. The van der Waals surface area contributed by atoms with E-state index < -0.39 is 0 Å². The Balaban J connectivity index is 1.77. The molecule has 0 radical (unpaired) electrons. The Hall–Kier alpha value is -2.10. The highest BCUT2D eigenvalue weighted by molar-refractivity contribution is 5.99. The van der Waals surface area contributed by atoms with Gasteiger partial charge in [-0.15, -0.1) is 0 Å². The van der Waals surface area contributed by atoms with Crippen molar-refractivity contribution in [3.8, 4) is 11.5 Å². The highest BCUT2D eigenvalue weighted by Crippen LogP contribution is 2.32. The van der Waals surface area contributed by atoms with E-state index in [2.05, 4.69) is 4.99 Å². The summed E-state index contributed by atoms with van der Waals surface area (Å²) in [4.78, 5) is 15.9. The molecule has 1 aromatic rings. The summed E-state index contributed by atoms with van der Waals surface area (Å²) in [7, 11) is 0. The van der Waals surface area contributed by atoms with Crippen LogP contribution in [0.4, 0.5) is 0 Å². The van der Waals surface area contributed by atoms with Crippen molar-refractivity contribution in [2.75, 3.05) is 6.79 Å². The fourth-order valence-electron chi connectivity index (χ4n) is 1.88. The maximum Gasteiger partial charge on any atom is 0.231 e. The highest BCUT2D eigenvalue weighted by Gasteiger charge is 2.16. The monoisotopic (exact) mass is 229 g/mol. The molecule has 3 rings (SSSR count). The number of aliphatic imine (C=N–C) groups is 1. The van der Waals surface area contributed by atoms with E-state index in [1.807, 2.05) is 24.3 Å². The van der Waals surface area contributed by atoms with Crippen LogP contribution in [0, 0.1) is 0 Å². The molecule has 2 aliphatic rings. The van der Waals surface area contributed by atoms with Gasteiger partial charge >= 0.3 is 0 Å². The van der Waals surface area contributed by atoms with Gasteiger partial charge in [-0.3, -0.25) is 9.79 Å². The molecule has 0 unspecified atom stereocenters. The molecule has 4 nitrogen and oxygen atoms in total. The third-order valence-corrected chi connectivity index (χ3v) is 2.73. The molecule has 4 heteroatoms. The molecular formula is C13H11NO3. The summed E-state index contributed by atoms with van der Waals surface area (Å²) in [6, 6.07) is 5.56. The molecule has 0 aromatic heterocycles. The van der Waals surface area contributed by atoms with Crippen LogP contribution in [0.25, 0.3) is 0 Å². The molecule has 17 heavy (non-hydrogen) atoms. The Bertz CT molecular complexity index is 531. The number of fused-ring (bicyclic) bond motifs is 1. The van der Waals surface area contributed by atoms with Gasteiger partial charge in [-0.2, -0.15) is 0 Å². The zero-order valence-corrected chi connectivity index (χ0v) is 9.18. The van der Waals surface area contributed by atoms with Gasteiger partial charge in [0.15, 0.2) is 17.3 Å². The minimum Gasteiger partial charge on any atom is -0.454 e. The molecule has 1 aromatic carbocycles. The quantitative estimate of drug-likeness (QED) is 0.795. The lowest BCUT2D eigenvalue weighted by molar-refractivity contribution is -0.115. The molecule has 86 valence electrons. The second-order valence-corrected chi connectivity index (χ2v) is 3.92. The number of benzene rings is 1. The van der Waals surface area contributed by atoms with Crippen molar-refractivity contribution in [3.63, 3.8) is 0 Å². The van der Waals surface area contributed by atoms with Crippen LogP contribution < -0.4 is 9.47 Å². The Morgan fingerprint density at radius 3 is 3.00 bits per heavy atom. The van der Waals surface area contributed by atoms with Crippen molar-refractivity contribution in [3.05, 3.63) is 35.5 Å². The average Bonchev–Trinajstić information content (AvgIpc) is 2.99. The number of ether oxygens (including phenoxy) is 2. The Morgan fingerprint density at radius 1 is 1.29 bits per heavy atom. The molecule has 2 heterocycles. The molecule has 0 aliphatic carbocycles. The summed E-state index contributed by atoms with van der Waals surface area (Å²) < 4.78 is 10.5. The van der Waals surface area contributed by atoms with E-state index in [9.17, 15) is 4.79 Å². The fraction of sp³-hybridized carbons (Fsp3) is 0.231. The minimum atomic E-state index is 0.0395. The van der Waals surface area contributed by atoms with E-state index in [1.54, 1.807) is 6.21 Å². The van der Waals surface area contributed by atoms with Crippen LogP contribution in [0.5, 0.6) is 11.5 Å². The first kappa shape index (κ1) is 10.1. The lowest BCUT2D eigenvalue weighted by Gasteiger charge is -2.02. The average molecular weight is 229 g/mol. The van der Waals surface area contributed by atoms with Crippen molar-refractivity contribution in [2.24, 2.45) is 4.99 Å². The van der Waals surface area contributed by atoms with Gasteiger partial charge in [-0.1, -0.05) is 6.07 Å². The van der Waals surface area contributed by atoms with E-state index in [0.717, 1.165) is 17.7 Å². The zero-order valence-electron chi connectivity index (χ0n) is 9.18. The summed E-state index contributed by atoms with van der Waals surface area (Å²) in [5, 5.41) is 0. The Labute approximate surface area is 98.6 Å². The van der Waals surface area contributed by atoms with E-state index >= 15 is 0 Å². The van der Waals surface area contributed by atoms with Crippen molar-refractivity contribution in [2.45, 2.75) is 12.8 Å². The van der Waals surface area contributed by atoms with Crippen molar-refractivity contribution < 1.29 is 14.3 Å². The number of ketones is 1. The number of allylic oxidation sites excluding steroid dienone is 2. The Morgan fingerprint density at radius 2 is 2.18 bits per heavy atom. The first-order valence-corrected chi connectivity index (χ1v) is 5.47. The lowest BCUT2D eigenvalue weighted by Crippen LogP contribution is -2.03. The molecule has 0 saturated heterocycles. The Kier molecular flexibility index (Phi) is 2.40. The van der Waals surface area contributed by atoms with E-state index in [-0.39, 0.29) is 12.6 Å². The molecule has 0 bridgehead atoms. The smallest absolute Gasteiger partial charge is 0.231 e. The van der Waals surface area contributed by atoms with Crippen molar-refractivity contribution in [1.82, 2.24) is 0 Å². The molecule has 2 aliphatic heterocycles. The number of Topliss-reactive ketones (excluding diaryl/α,β-unsaturated/α-hetero) is 1. The first-order valence-electron chi connectivity index (χ1n) is 5.47. The van der Waals surface area contributed by atoms with Gasteiger partial charge in [0.2, 0.25) is 6.79 Å². The van der Waals surface area contributed by atoms with Gasteiger partial charge < -0.3 is 9.47 Å². The van der Waals surface area contributed by atoms with E-state index in [4.69, 9.17) is 9.47 Å². The SMILES string of the molecule is O=C(Cc1ccc2c(c1)OCO2)C1=CCC=N1. The van der Waals surface area contributed by atoms with Gasteiger partial charge in [-0.05, 0) is 23.8 Å². The van der Waals surface area contributed by atoms with Gasteiger partial charge in [0.1, 0.15) is 5.70 Å². The summed E-state index contributed by atoms with van der Waals surface area (Å²) in [5.41, 5.74) is 1.48. The van der Waals surface area contributed by atoms with Gasteiger partial charge in [0.25, 0.3) is 0 Å². The van der Waals surface area contributed by atoms with Crippen molar-refractivity contribution in [1.29, 1.82) is 0 Å². The molecule has 0 saturated carbocycles. The number of carbonyl (C=O) groups excluding carboxylic acids is 1. The first-order chi connectivity index (χ1) is 8.33. The second-order valence-electron chi connectivity index (χ2n) is 3.92. The number of rotatable bonds is 3. The fourth-order valence-corrected chi connectivity index (χ4v) is 1.88. The van der Waals surface area contributed by atoms with E-state index in [0.29, 0.717) is 17.9 Å². The predicted molar refractivity (Wildman–Crippen MR) is 62.5 cm³/mol. The predicted octanol–water partition coefficient (Wildman–Crippen LogP) is 1.89. The third-order valence-electron chi connectivity index (χ3n) is 2.73. The van der Waals surface area contributed by atoms with Crippen LogP contribution in [0.2, 0.25) is 0 Å². The van der Waals surface area contributed by atoms with Crippen LogP contribution in [-0.2, 0) is 11.2 Å². The topological polar surface area (TPSA) is 47.9 Å². The largest absolute Gasteiger partial charge is 0.454 e. The minimum absolute atomic E-state index is 0.0395. The number of carbonyl (C=O) groups is 1. The molecule has 0 amide bonds. The standard InChI is InChI=1S/C13H11NO3/c15-11(10-2-1-5-14-10)6-9-3-4-12-13(7-9)17-8-16-12/h2-5,7H,1,6,8H2. The number of hydrogen-bond acceptors (Lipinski definition) is 4. The van der Waals surface area contributed by atoms with Gasteiger partial charge in [-0.25, -0.2) is 0 Å². The van der Waals surface area contributed by atoms with Gasteiger partial charge in [0, 0.05) is 19.1 Å². The summed E-state index contributed by atoms with van der Waals surface area (Å²) >= 11 is 0. The zero-order chi connectivity index (χ0) is 11.7. The summed E-state index contributed by atoms with van der Waals surface area (Å²) in [6.07, 6.45) is 4.68. The number of hydrogen-bond donors (Lipinski definition) is 0. The van der Waals surface area contributed by atoms with Crippen LogP contribution >= 0.6 is 0 Å². The highest BCUT2D eigenvalue weighted by atomic mass is 16.7. The maximum atomic E-state index is 11.9. The lowest BCUT2D eigenvalue weighted by atomic mass is 10.1. The van der Waals surface area contributed by atoms with Crippen LogP contribution in [0.3, 0.4) is 0 Å². The number of nitrogens with zero attached hydrogens (tertiary/aromatic N) is 1. The molecular weight excluding hydrogens is 218 g/mol. The third kappa shape index (κ3) is 1.93. The second kappa shape index (κ2) is 4.05. The molecule has 0 atom stereocenters. The molecule has 0 fully saturated rings. The van der Waals surface area contributed by atoms with Crippen molar-refractivity contribution >= 4 is 12.0 Å². The normalized spacial score (nSPS) is 16.1.